The van der Waals surface area contributed by atoms with E-state index < -0.39 is 0 Å². The molecule has 0 bridgehead atoms. The summed E-state index contributed by atoms with van der Waals surface area (Å²) in [6, 6.07) is 22.1. The molecule has 24 heavy (non-hydrogen) atoms. The van der Waals surface area contributed by atoms with Crippen LogP contribution < -0.4 is 0 Å². The van der Waals surface area contributed by atoms with Crippen LogP contribution >= 0.6 is 23.2 Å². The van der Waals surface area contributed by atoms with Crippen molar-refractivity contribution in [2.24, 2.45) is 0 Å². The maximum atomic E-state index is 11.9. The first-order valence-electron chi connectivity index (χ1n) is 7.55. The Bertz CT molecular complexity index is 759. The van der Waals surface area contributed by atoms with Crippen molar-refractivity contribution in [3.05, 3.63) is 105 Å². The molecule has 3 aromatic carbocycles. The van der Waals surface area contributed by atoms with Gasteiger partial charge in [-0.2, -0.15) is 0 Å². The number of ketones is 1. The van der Waals surface area contributed by atoms with E-state index in [1.165, 1.54) is 11.1 Å². The molecule has 0 atom stereocenters. The average molecular weight is 357 g/mol. The van der Waals surface area contributed by atoms with Crippen molar-refractivity contribution in [1.29, 1.82) is 0 Å². The van der Waals surface area contributed by atoms with Crippen LogP contribution in [0.25, 0.3) is 0 Å². The Morgan fingerprint density at radius 2 is 1.17 bits per heavy atom. The molecule has 0 saturated heterocycles. The van der Waals surface area contributed by atoms with E-state index in [2.05, 4.69) is 6.07 Å². The largest absolute Gasteiger partial charge is 0.289 e. The second-order valence-electron chi connectivity index (χ2n) is 5.51. The molecule has 0 heterocycles. The van der Waals surface area contributed by atoms with E-state index in [1.54, 1.807) is 36.4 Å². The summed E-state index contributed by atoms with van der Waals surface area (Å²) in [5.74, 6) is 0.0206. The quantitative estimate of drug-likeness (QED) is 0.477. The maximum Gasteiger partial charge on any atom is 0.193 e. The van der Waals surface area contributed by atoms with Gasteiger partial charge < -0.3 is 0 Å². The fourth-order valence-electron chi connectivity index (χ4n) is 2.28. The summed E-state index contributed by atoms with van der Waals surface area (Å²) < 4.78 is 0. The van der Waals surface area contributed by atoms with Crippen LogP contribution in [-0.4, -0.2) is 5.78 Å². The van der Waals surface area contributed by atoms with Gasteiger partial charge in [0, 0.05) is 21.2 Å². The summed E-state index contributed by atoms with van der Waals surface area (Å²) in [6.45, 7) is 4.08. The summed E-state index contributed by atoms with van der Waals surface area (Å²) in [4.78, 5) is 11.9. The van der Waals surface area contributed by atoms with Crippen molar-refractivity contribution in [1.82, 2.24) is 0 Å². The lowest BCUT2D eigenvalue weighted by Crippen LogP contribution is -1.99. The molecule has 3 heteroatoms. The molecule has 0 aliphatic rings. The van der Waals surface area contributed by atoms with Crippen LogP contribution in [0.2, 0.25) is 10.0 Å². The van der Waals surface area contributed by atoms with E-state index in [9.17, 15) is 4.79 Å². The Morgan fingerprint density at radius 3 is 1.67 bits per heavy atom. The standard InChI is InChI=1S/C13H9ClO.C8H9Cl/c14-12-8-6-11(7-9-12)13(15)10-4-2-1-3-5-10;1-6-3-7(2)5-8(9)4-6/h1-9H;3-5H,1-2H3. The highest BCUT2D eigenvalue weighted by Crippen LogP contribution is 2.14. The van der Waals surface area contributed by atoms with Crippen LogP contribution in [0.3, 0.4) is 0 Å². The molecule has 3 rings (SSSR count). The molecule has 0 saturated carbocycles. The van der Waals surface area contributed by atoms with Gasteiger partial charge in [0.15, 0.2) is 5.78 Å². The van der Waals surface area contributed by atoms with Crippen LogP contribution in [0.5, 0.6) is 0 Å². The first-order chi connectivity index (χ1) is 11.5. The van der Waals surface area contributed by atoms with Gasteiger partial charge >= 0.3 is 0 Å². The summed E-state index contributed by atoms with van der Waals surface area (Å²) in [6.07, 6.45) is 0. The fourth-order valence-corrected chi connectivity index (χ4v) is 2.75. The van der Waals surface area contributed by atoms with Gasteiger partial charge in [-0.1, -0.05) is 59.6 Å². The Balaban J connectivity index is 0.000000198. The summed E-state index contributed by atoms with van der Waals surface area (Å²) in [7, 11) is 0. The van der Waals surface area contributed by atoms with Crippen LogP contribution in [0.4, 0.5) is 0 Å². The Morgan fingerprint density at radius 1 is 0.667 bits per heavy atom. The van der Waals surface area contributed by atoms with Crippen LogP contribution in [0.15, 0.2) is 72.8 Å². The molecular formula is C21H18Cl2O. The highest BCUT2D eigenvalue weighted by molar-refractivity contribution is 6.31. The molecule has 0 aliphatic heterocycles. The minimum atomic E-state index is 0.0206. The van der Waals surface area contributed by atoms with Crippen LogP contribution in [-0.2, 0) is 0 Å². The van der Waals surface area contributed by atoms with Crippen molar-refractivity contribution >= 4 is 29.0 Å². The molecule has 0 aliphatic carbocycles. The van der Waals surface area contributed by atoms with E-state index in [0.29, 0.717) is 16.1 Å². The Labute approximate surface area is 152 Å². The van der Waals surface area contributed by atoms with Gasteiger partial charge in [-0.15, -0.1) is 0 Å². The minimum absolute atomic E-state index is 0.0206. The SMILES string of the molecule is Cc1cc(C)cc(Cl)c1.O=C(c1ccccc1)c1ccc(Cl)cc1. The third-order valence-electron chi connectivity index (χ3n) is 3.33. The predicted octanol–water partition coefficient (Wildman–Crippen LogP) is 6.53. The number of carbonyl (C=O) groups is 1. The zero-order valence-electron chi connectivity index (χ0n) is 13.6. The zero-order chi connectivity index (χ0) is 17.5. The molecule has 0 N–H and O–H groups in total. The van der Waals surface area contributed by atoms with Crippen molar-refractivity contribution < 1.29 is 4.79 Å². The van der Waals surface area contributed by atoms with E-state index in [1.807, 2.05) is 44.2 Å². The summed E-state index contributed by atoms with van der Waals surface area (Å²) in [5, 5.41) is 1.46. The lowest BCUT2D eigenvalue weighted by Gasteiger charge is -2.00. The highest BCUT2D eigenvalue weighted by atomic mass is 35.5. The molecule has 1 nitrogen and oxygen atoms in total. The number of rotatable bonds is 2. The molecule has 122 valence electrons. The molecule has 0 spiro atoms. The van der Waals surface area contributed by atoms with E-state index in [4.69, 9.17) is 23.2 Å². The molecule has 0 amide bonds. The van der Waals surface area contributed by atoms with Gasteiger partial charge in [0.25, 0.3) is 0 Å². The minimum Gasteiger partial charge on any atom is -0.289 e. The van der Waals surface area contributed by atoms with Crippen molar-refractivity contribution in [3.8, 4) is 0 Å². The summed E-state index contributed by atoms with van der Waals surface area (Å²) in [5.41, 5.74) is 3.80. The Kier molecular flexibility index (Phi) is 6.60. The van der Waals surface area contributed by atoms with Crippen LogP contribution in [0, 0.1) is 13.8 Å². The fraction of sp³-hybridized carbons (Fsp3) is 0.0952. The topological polar surface area (TPSA) is 17.1 Å². The highest BCUT2D eigenvalue weighted by Gasteiger charge is 2.07. The third-order valence-corrected chi connectivity index (χ3v) is 3.80. The average Bonchev–Trinajstić information content (AvgIpc) is 2.55. The first-order valence-corrected chi connectivity index (χ1v) is 8.30. The third kappa shape index (κ3) is 5.52. The van der Waals surface area contributed by atoms with Crippen molar-refractivity contribution in [2.45, 2.75) is 13.8 Å². The molecule has 0 unspecified atom stereocenters. The predicted molar refractivity (Wildman–Crippen MR) is 102 cm³/mol. The van der Waals surface area contributed by atoms with Crippen molar-refractivity contribution in [3.63, 3.8) is 0 Å². The number of aryl methyl sites for hydroxylation is 2. The van der Waals surface area contributed by atoms with Crippen molar-refractivity contribution in [2.75, 3.05) is 0 Å². The molecule has 3 aromatic rings. The van der Waals surface area contributed by atoms with Gasteiger partial charge in [-0.25, -0.2) is 0 Å². The monoisotopic (exact) mass is 356 g/mol. The lowest BCUT2D eigenvalue weighted by atomic mass is 10.0. The van der Waals surface area contributed by atoms with Gasteiger partial charge in [-0.3, -0.25) is 4.79 Å². The van der Waals surface area contributed by atoms with E-state index in [-0.39, 0.29) is 5.78 Å². The van der Waals surface area contributed by atoms with Crippen LogP contribution in [0.1, 0.15) is 27.0 Å². The number of benzene rings is 3. The maximum absolute atomic E-state index is 11.9. The van der Waals surface area contributed by atoms with Gasteiger partial charge in [0.05, 0.1) is 0 Å². The van der Waals surface area contributed by atoms with Gasteiger partial charge in [0.1, 0.15) is 0 Å². The second kappa shape index (κ2) is 8.68. The molecular weight excluding hydrogens is 339 g/mol. The molecule has 0 radical (unpaired) electrons. The van der Waals surface area contributed by atoms with E-state index >= 15 is 0 Å². The number of hydrogen-bond donors (Lipinski definition) is 0. The smallest absolute Gasteiger partial charge is 0.193 e. The first kappa shape index (κ1) is 18.3. The number of carbonyl (C=O) groups excluding carboxylic acids is 1. The van der Waals surface area contributed by atoms with E-state index in [0.717, 1.165) is 5.02 Å². The lowest BCUT2D eigenvalue weighted by molar-refractivity contribution is 0.103. The molecule has 0 fully saturated rings. The second-order valence-corrected chi connectivity index (χ2v) is 6.38. The summed E-state index contributed by atoms with van der Waals surface area (Å²) >= 11 is 11.5. The Hall–Kier alpha value is -2.09. The van der Waals surface area contributed by atoms with Gasteiger partial charge in [0.2, 0.25) is 0 Å². The molecule has 0 aromatic heterocycles. The number of halogens is 2. The zero-order valence-corrected chi connectivity index (χ0v) is 15.1. The van der Waals surface area contributed by atoms with Gasteiger partial charge in [-0.05, 0) is 61.4 Å². The number of hydrogen-bond acceptors (Lipinski definition) is 1. The normalized spacial score (nSPS) is 9.83.